The van der Waals surface area contributed by atoms with Gasteiger partial charge in [-0.15, -0.1) is 0 Å². The predicted molar refractivity (Wildman–Crippen MR) is 109 cm³/mol. The summed E-state index contributed by atoms with van der Waals surface area (Å²) in [5.41, 5.74) is 1.41. The molecular weight excluding hydrogens is 314 g/mol. The van der Waals surface area contributed by atoms with E-state index in [0.717, 1.165) is 24.7 Å². The summed E-state index contributed by atoms with van der Waals surface area (Å²) in [4.78, 5) is 2.50. The monoisotopic (exact) mass is 351 g/mol. The maximum Gasteiger partial charge on any atom is 0.0994 e. The Morgan fingerprint density at radius 1 is 0.958 bits per heavy atom. The molecule has 138 valence electrons. The zero-order chi connectivity index (χ0) is 17.5. The Morgan fingerprint density at radius 2 is 1.62 bits per heavy atom. The van der Waals surface area contributed by atoms with E-state index in [0.29, 0.717) is 6.10 Å². The van der Waals surface area contributed by atoms with Crippen LogP contribution in [0.2, 0.25) is 0 Å². The molecule has 0 fully saturated rings. The minimum Gasteiger partial charge on any atom is -0.362 e. The number of hydrogen-bond donors (Lipinski definition) is 0. The van der Waals surface area contributed by atoms with E-state index in [-0.39, 0.29) is 0 Å². The van der Waals surface area contributed by atoms with Crippen LogP contribution in [0.15, 0.2) is 30.3 Å². The fraction of sp³-hybridized carbons (Fsp3) is 0.714. The lowest BCUT2D eigenvalue weighted by atomic mass is 10.2. The summed E-state index contributed by atoms with van der Waals surface area (Å²) in [7, 11) is 0. The third-order valence-corrected chi connectivity index (χ3v) is 5.32. The highest BCUT2D eigenvalue weighted by Gasteiger charge is 2.11. The average Bonchev–Trinajstić information content (AvgIpc) is 2.61. The SMILES string of the molecule is CCCCN(CCCC)COC(CCC)CSCc1ccccc1. The standard InChI is InChI=1S/C21H37NOS/c1-4-7-15-22(16-8-5-2)19-23-21(12-6-3)18-24-17-20-13-10-9-11-14-20/h9-11,13-14,21H,4-8,12,15-19H2,1-3H3. The second-order valence-corrected chi connectivity index (χ2v) is 7.56. The van der Waals surface area contributed by atoms with Gasteiger partial charge in [0.2, 0.25) is 0 Å². The van der Waals surface area contributed by atoms with Gasteiger partial charge in [-0.2, -0.15) is 11.8 Å². The zero-order valence-corrected chi connectivity index (χ0v) is 16.8. The van der Waals surface area contributed by atoms with Gasteiger partial charge < -0.3 is 4.74 Å². The van der Waals surface area contributed by atoms with Gasteiger partial charge in [-0.05, 0) is 24.8 Å². The normalized spacial score (nSPS) is 12.7. The van der Waals surface area contributed by atoms with Crippen molar-refractivity contribution in [3.63, 3.8) is 0 Å². The third kappa shape index (κ3) is 10.4. The van der Waals surface area contributed by atoms with Crippen LogP contribution in [0.1, 0.15) is 64.9 Å². The van der Waals surface area contributed by atoms with Crippen LogP contribution in [-0.2, 0) is 10.5 Å². The van der Waals surface area contributed by atoms with Crippen molar-refractivity contribution in [1.29, 1.82) is 0 Å². The van der Waals surface area contributed by atoms with Crippen molar-refractivity contribution in [3.05, 3.63) is 35.9 Å². The molecule has 1 unspecified atom stereocenters. The summed E-state index contributed by atoms with van der Waals surface area (Å²) in [5, 5.41) is 0. The summed E-state index contributed by atoms with van der Waals surface area (Å²) in [6, 6.07) is 10.7. The molecule has 24 heavy (non-hydrogen) atoms. The van der Waals surface area contributed by atoms with E-state index in [1.54, 1.807) is 0 Å². The van der Waals surface area contributed by atoms with Gasteiger partial charge in [0.25, 0.3) is 0 Å². The maximum absolute atomic E-state index is 6.28. The molecule has 0 aliphatic rings. The van der Waals surface area contributed by atoms with Crippen molar-refractivity contribution in [3.8, 4) is 0 Å². The van der Waals surface area contributed by atoms with Crippen molar-refractivity contribution in [2.45, 2.75) is 71.2 Å². The highest BCUT2D eigenvalue weighted by molar-refractivity contribution is 7.98. The van der Waals surface area contributed by atoms with Gasteiger partial charge in [-0.3, -0.25) is 4.90 Å². The van der Waals surface area contributed by atoms with Gasteiger partial charge in [0.15, 0.2) is 0 Å². The highest BCUT2D eigenvalue weighted by Crippen LogP contribution is 2.17. The molecule has 0 aliphatic heterocycles. The van der Waals surface area contributed by atoms with Crippen LogP contribution >= 0.6 is 11.8 Å². The molecule has 0 heterocycles. The number of rotatable bonds is 15. The molecule has 0 bridgehead atoms. The van der Waals surface area contributed by atoms with E-state index >= 15 is 0 Å². The summed E-state index contributed by atoms with van der Waals surface area (Å²) in [6.45, 7) is 9.93. The second kappa shape index (κ2) is 14.8. The van der Waals surface area contributed by atoms with E-state index < -0.39 is 0 Å². The summed E-state index contributed by atoms with van der Waals surface area (Å²) >= 11 is 2.00. The first-order valence-corrected chi connectivity index (χ1v) is 10.9. The van der Waals surface area contributed by atoms with Crippen LogP contribution in [-0.4, -0.2) is 36.6 Å². The molecule has 1 aromatic rings. The van der Waals surface area contributed by atoms with Crippen LogP contribution in [0.25, 0.3) is 0 Å². The number of hydrogen-bond acceptors (Lipinski definition) is 3. The molecule has 1 atom stereocenters. The minimum atomic E-state index is 0.384. The Labute approximate surface area is 154 Å². The van der Waals surface area contributed by atoms with Gasteiger partial charge >= 0.3 is 0 Å². The van der Waals surface area contributed by atoms with Crippen molar-refractivity contribution in [2.75, 3.05) is 25.6 Å². The third-order valence-electron chi connectivity index (χ3n) is 4.17. The second-order valence-electron chi connectivity index (χ2n) is 6.53. The van der Waals surface area contributed by atoms with Crippen LogP contribution in [0.3, 0.4) is 0 Å². The quantitative estimate of drug-likeness (QED) is 0.361. The number of nitrogens with zero attached hydrogens (tertiary/aromatic N) is 1. The first kappa shape index (κ1) is 21.5. The van der Waals surface area contributed by atoms with Crippen molar-refractivity contribution >= 4 is 11.8 Å². The Morgan fingerprint density at radius 3 is 2.21 bits per heavy atom. The molecule has 0 saturated heterocycles. The summed E-state index contributed by atoms with van der Waals surface area (Å²) < 4.78 is 6.28. The van der Waals surface area contributed by atoms with Gasteiger partial charge in [0, 0.05) is 24.6 Å². The molecule has 0 aromatic heterocycles. The lowest BCUT2D eigenvalue weighted by Gasteiger charge is -2.25. The lowest BCUT2D eigenvalue weighted by Crippen LogP contribution is -2.32. The van der Waals surface area contributed by atoms with Crippen LogP contribution in [0.4, 0.5) is 0 Å². The van der Waals surface area contributed by atoms with Crippen LogP contribution < -0.4 is 0 Å². The van der Waals surface area contributed by atoms with Crippen molar-refractivity contribution in [1.82, 2.24) is 4.90 Å². The number of ether oxygens (including phenoxy) is 1. The fourth-order valence-corrected chi connectivity index (χ4v) is 3.71. The fourth-order valence-electron chi connectivity index (χ4n) is 2.63. The molecule has 2 nitrogen and oxygen atoms in total. The van der Waals surface area contributed by atoms with E-state index in [4.69, 9.17) is 4.74 Å². The van der Waals surface area contributed by atoms with E-state index in [9.17, 15) is 0 Å². The molecule has 3 heteroatoms. The van der Waals surface area contributed by atoms with Crippen molar-refractivity contribution < 1.29 is 4.74 Å². The van der Waals surface area contributed by atoms with Crippen LogP contribution in [0.5, 0.6) is 0 Å². The summed E-state index contributed by atoms with van der Waals surface area (Å²) in [6.07, 6.45) is 7.80. The van der Waals surface area contributed by atoms with E-state index in [2.05, 4.69) is 56.0 Å². The Hall–Kier alpha value is -0.510. The average molecular weight is 352 g/mol. The highest BCUT2D eigenvalue weighted by atomic mass is 32.2. The topological polar surface area (TPSA) is 12.5 Å². The number of benzene rings is 1. The van der Waals surface area contributed by atoms with Gasteiger partial charge in [0.1, 0.15) is 0 Å². The lowest BCUT2D eigenvalue weighted by molar-refractivity contribution is -0.0168. The van der Waals surface area contributed by atoms with Crippen LogP contribution in [0, 0.1) is 0 Å². The first-order valence-electron chi connectivity index (χ1n) is 9.75. The maximum atomic E-state index is 6.28. The molecule has 0 radical (unpaired) electrons. The van der Waals surface area contributed by atoms with Gasteiger partial charge in [-0.25, -0.2) is 0 Å². The Bertz CT molecular complexity index is 377. The molecule has 0 spiro atoms. The predicted octanol–water partition coefficient (Wildman–Crippen LogP) is 5.96. The zero-order valence-electron chi connectivity index (χ0n) is 16.0. The Balaban J connectivity index is 2.33. The molecule has 0 N–H and O–H groups in total. The van der Waals surface area contributed by atoms with Gasteiger partial charge in [-0.1, -0.05) is 70.4 Å². The number of unbranched alkanes of at least 4 members (excludes halogenated alkanes) is 2. The largest absolute Gasteiger partial charge is 0.362 e. The summed E-state index contributed by atoms with van der Waals surface area (Å²) in [5.74, 6) is 2.18. The first-order chi connectivity index (χ1) is 11.8. The molecular formula is C21H37NOS. The van der Waals surface area contributed by atoms with Gasteiger partial charge in [0.05, 0.1) is 12.8 Å². The molecule has 1 rings (SSSR count). The van der Waals surface area contributed by atoms with E-state index in [1.165, 1.54) is 50.8 Å². The molecule has 0 aliphatic carbocycles. The molecule has 1 aromatic carbocycles. The van der Waals surface area contributed by atoms with Crippen molar-refractivity contribution in [2.24, 2.45) is 0 Å². The molecule has 0 amide bonds. The number of thioether (sulfide) groups is 1. The molecule has 0 saturated carbocycles. The smallest absolute Gasteiger partial charge is 0.0994 e. The minimum absolute atomic E-state index is 0.384. The van der Waals surface area contributed by atoms with E-state index in [1.807, 2.05) is 11.8 Å². The Kier molecular flexibility index (Phi) is 13.3.